The molecule has 184 valence electrons. The van der Waals surface area contributed by atoms with Crippen LogP contribution in [0.3, 0.4) is 0 Å². The number of sulfonamides is 1. The Balaban J connectivity index is 1.81. The van der Waals surface area contributed by atoms with E-state index in [0.29, 0.717) is 22.7 Å². The molecule has 1 N–H and O–H groups in total. The molecule has 0 aliphatic heterocycles. The lowest BCUT2D eigenvalue weighted by Gasteiger charge is -2.24. The molecule has 10 heteroatoms. The molecule has 8 nitrogen and oxygen atoms in total. The van der Waals surface area contributed by atoms with Crippen LogP contribution in [0.2, 0.25) is 0 Å². The molecule has 0 bridgehead atoms. The number of aryl methyl sites for hydroxylation is 1. The van der Waals surface area contributed by atoms with Crippen molar-refractivity contribution in [2.75, 3.05) is 31.3 Å². The van der Waals surface area contributed by atoms with Gasteiger partial charge in [0.25, 0.3) is 15.9 Å². The Hall–Kier alpha value is -3.50. The highest BCUT2D eigenvalue weighted by molar-refractivity contribution is 7.98. The number of amides is 1. The van der Waals surface area contributed by atoms with Crippen LogP contribution in [0.4, 0.5) is 5.69 Å². The van der Waals surface area contributed by atoms with Crippen LogP contribution in [-0.2, 0) is 14.8 Å². The number of hydrogen-bond donors (Lipinski definition) is 1. The summed E-state index contributed by atoms with van der Waals surface area (Å²) in [5.41, 5.74) is 4.42. The van der Waals surface area contributed by atoms with Gasteiger partial charge in [0.1, 0.15) is 6.54 Å². The van der Waals surface area contributed by atoms with Crippen molar-refractivity contribution in [3.05, 3.63) is 77.9 Å². The van der Waals surface area contributed by atoms with Gasteiger partial charge < -0.3 is 9.47 Å². The summed E-state index contributed by atoms with van der Waals surface area (Å²) in [6, 6.07) is 18.6. The molecule has 3 rings (SSSR count). The zero-order valence-electron chi connectivity index (χ0n) is 19.9. The van der Waals surface area contributed by atoms with Gasteiger partial charge in [-0.25, -0.2) is 13.8 Å². The van der Waals surface area contributed by atoms with Crippen LogP contribution >= 0.6 is 11.8 Å². The molecule has 0 unspecified atom stereocenters. The predicted octanol–water partition coefficient (Wildman–Crippen LogP) is 4.08. The van der Waals surface area contributed by atoms with Gasteiger partial charge in [0.2, 0.25) is 0 Å². The summed E-state index contributed by atoms with van der Waals surface area (Å²) in [6.07, 6.45) is 3.35. The molecule has 0 fully saturated rings. The SMILES string of the molecule is COc1ccc(/C=N\NC(=O)CN(c2ccc(C)cc2)S(=O)(=O)c2ccc(SC)cc2)cc1OC. The van der Waals surface area contributed by atoms with Gasteiger partial charge in [-0.2, -0.15) is 5.10 Å². The van der Waals surface area contributed by atoms with Crippen LogP contribution in [0, 0.1) is 6.92 Å². The average molecular weight is 514 g/mol. The van der Waals surface area contributed by atoms with Crippen molar-refractivity contribution in [2.24, 2.45) is 5.10 Å². The van der Waals surface area contributed by atoms with E-state index in [2.05, 4.69) is 10.5 Å². The number of nitrogens with zero attached hydrogens (tertiary/aromatic N) is 2. The molecule has 0 heterocycles. The number of carbonyl (C=O) groups is 1. The van der Waals surface area contributed by atoms with E-state index < -0.39 is 22.5 Å². The quantitative estimate of drug-likeness (QED) is 0.249. The van der Waals surface area contributed by atoms with Crippen molar-refractivity contribution in [1.29, 1.82) is 0 Å². The first-order valence-electron chi connectivity index (χ1n) is 10.6. The fourth-order valence-electron chi connectivity index (χ4n) is 3.18. The molecule has 0 saturated carbocycles. The number of methoxy groups -OCH3 is 2. The minimum Gasteiger partial charge on any atom is -0.493 e. The first-order chi connectivity index (χ1) is 16.8. The smallest absolute Gasteiger partial charge is 0.264 e. The molecule has 0 aliphatic carbocycles. The number of benzene rings is 3. The zero-order valence-corrected chi connectivity index (χ0v) is 21.5. The third-order valence-corrected chi connectivity index (χ3v) is 7.60. The standard InChI is InChI=1S/C25H27N3O5S2/c1-18-5-8-20(9-6-18)28(35(30,31)22-12-10-21(34-4)11-13-22)17-25(29)27-26-16-19-7-14-23(32-2)24(15-19)33-3/h5-16H,17H2,1-4H3,(H,27,29)/b26-16-. The number of thioether (sulfide) groups is 1. The van der Waals surface area contributed by atoms with Gasteiger partial charge in [-0.3, -0.25) is 9.10 Å². The Bertz CT molecular complexity index is 1290. The lowest BCUT2D eigenvalue weighted by Crippen LogP contribution is -2.39. The van der Waals surface area contributed by atoms with E-state index in [4.69, 9.17) is 9.47 Å². The van der Waals surface area contributed by atoms with Gasteiger partial charge in [-0.15, -0.1) is 11.8 Å². The van der Waals surface area contributed by atoms with Crippen molar-refractivity contribution in [3.63, 3.8) is 0 Å². The van der Waals surface area contributed by atoms with Crippen LogP contribution in [0.1, 0.15) is 11.1 Å². The van der Waals surface area contributed by atoms with Crippen molar-refractivity contribution in [1.82, 2.24) is 5.43 Å². The van der Waals surface area contributed by atoms with E-state index in [-0.39, 0.29) is 4.90 Å². The van der Waals surface area contributed by atoms with Crippen LogP contribution in [0.25, 0.3) is 0 Å². The highest BCUT2D eigenvalue weighted by atomic mass is 32.2. The van der Waals surface area contributed by atoms with Gasteiger partial charge >= 0.3 is 0 Å². The first-order valence-corrected chi connectivity index (χ1v) is 13.2. The van der Waals surface area contributed by atoms with Gasteiger partial charge in [-0.1, -0.05) is 17.7 Å². The summed E-state index contributed by atoms with van der Waals surface area (Å²) in [7, 11) is -0.938. The molecule has 3 aromatic rings. The summed E-state index contributed by atoms with van der Waals surface area (Å²) in [4.78, 5) is 13.7. The minimum absolute atomic E-state index is 0.0949. The van der Waals surface area contributed by atoms with Gasteiger partial charge in [0, 0.05) is 4.90 Å². The van der Waals surface area contributed by atoms with E-state index in [9.17, 15) is 13.2 Å². The molecule has 0 spiro atoms. The number of carbonyl (C=O) groups excluding carboxylic acids is 1. The zero-order chi connectivity index (χ0) is 25.4. The summed E-state index contributed by atoms with van der Waals surface area (Å²) in [6.45, 7) is 1.46. The lowest BCUT2D eigenvalue weighted by molar-refractivity contribution is -0.119. The van der Waals surface area contributed by atoms with Crippen LogP contribution in [-0.4, -0.2) is 47.6 Å². The maximum absolute atomic E-state index is 13.5. The van der Waals surface area contributed by atoms with Crippen LogP contribution in [0.5, 0.6) is 11.5 Å². The monoisotopic (exact) mass is 513 g/mol. The van der Waals surface area contributed by atoms with Crippen molar-refractivity contribution in [3.8, 4) is 11.5 Å². The molecule has 1 amide bonds. The van der Waals surface area contributed by atoms with Crippen molar-refractivity contribution < 1.29 is 22.7 Å². The van der Waals surface area contributed by atoms with Gasteiger partial charge in [-0.05, 0) is 73.3 Å². The molecule has 0 aliphatic rings. The minimum atomic E-state index is -4.00. The average Bonchev–Trinajstić information content (AvgIpc) is 2.87. The molecule has 3 aromatic carbocycles. The topological polar surface area (TPSA) is 97.3 Å². The van der Waals surface area contributed by atoms with Gasteiger partial charge in [0.05, 0.1) is 31.0 Å². The number of ether oxygens (including phenoxy) is 2. The molecule has 35 heavy (non-hydrogen) atoms. The van der Waals surface area contributed by atoms with Crippen LogP contribution < -0.4 is 19.2 Å². The number of hydrogen-bond acceptors (Lipinski definition) is 7. The predicted molar refractivity (Wildman–Crippen MR) is 139 cm³/mol. The van der Waals surface area contributed by atoms with E-state index in [1.807, 2.05) is 13.2 Å². The van der Waals surface area contributed by atoms with Crippen molar-refractivity contribution >= 4 is 39.6 Å². The molecule has 0 aromatic heterocycles. The first kappa shape index (κ1) is 26.1. The largest absolute Gasteiger partial charge is 0.493 e. The second kappa shape index (κ2) is 11.8. The number of anilines is 1. The van der Waals surface area contributed by atoms with Crippen LogP contribution in [0.15, 0.2) is 81.6 Å². The summed E-state index contributed by atoms with van der Waals surface area (Å²) in [5, 5.41) is 3.97. The summed E-state index contributed by atoms with van der Waals surface area (Å²) >= 11 is 1.51. The molecule has 0 radical (unpaired) electrons. The van der Waals surface area contributed by atoms with E-state index in [1.165, 1.54) is 44.3 Å². The second-order valence-corrected chi connectivity index (χ2v) is 10.2. The fourth-order valence-corrected chi connectivity index (χ4v) is 5.01. The summed E-state index contributed by atoms with van der Waals surface area (Å²) in [5.74, 6) is 0.497. The maximum atomic E-state index is 13.5. The van der Waals surface area contributed by atoms with Crippen molar-refractivity contribution in [2.45, 2.75) is 16.7 Å². The molecular formula is C25H27N3O5S2. The maximum Gasteiger partial charge on any atom is 0.264 e. The number of rotatable bonds is 10. The van der Waals surface area contributed by atoms with E-state index in [1.54, 1.807) is 54.6 Å². The van der Waals surface area contributed by atoms with Gasteiger partial charge in [0.15, 0.2) is 11.5 Å². The second-order valence-electron chi connectivity index (χ2n) is 7.43. The van der Waals surface area contributed by atoms with E-state index in [0.717, 1.165) is 14.8 Å². The van der Waals surface area contributed by atoms with E-state index >= 15 is 0 Å². The number of hydrazone groups is 1. The normalized spacial score (nSPS) is 11.3. The Kier molecular flexibility index (Phi) is 8.78. The Morgan fingerprint density at radius 3 is 2.26 bits per heavy atom. The third kappa shape index (κ3) is 6.55. The molecule has 0 saturated heterocycles. The third-order valence-electron chi connectivity index (χ3n) is 5.07. The lowest BCUT2D eigenvalue weighted by atomic mass is 10.2. The molecule has 0 atom stereocenters. The molecular weight excluding hydrogens is 486 g/mol. The Morgan fingerprint density at radius 1 is 1.00 bits per heavy atom. The number of nitrogens with one attached hydrogen (secondary N) is 1. The summed E-state index contributed by atoms with van der Waals surface area (Å²) < 4.78 is 38.4. The Morgan fingerprint density at radius 2 is 1.66 bits per heavy atom. The highest BCUT2D eigenvalue weighted by Gasteiger charge is 2.27. The fraction of sp³-hybridized carbons (Fsp3) is 0.200. The highest BCUT2D eigenvalue weighted by Crippen LogP contribution is 2.27. The Labute approximate surface area is 210 Å².